The number of aliphatic hydroxyl groups is 1. The number of urea groups is 1. The molecule has 3 atom stereocenters. The number of carbonyl (C=O) groups excluding carboxylic acids is 2. The lowest BCUT2D eigenvalue weighted by Gasteiger charge is -2.35. The molecule has 2 aliphatic rings. The lowest BCUT2D eigenvalue weighted by Crippen LogP contribution is -2.52. The molecular formula is C13H21N3O5. The van der Waals surface area contributed by atoms with Gasteiger partial charge in [0.05, 0.1) is 12.0 Å². The van der Waals surface area contributed by atoms with E-state index in [9.17, 15) is 19.5 Å². The summed E-state index contributed by atoms with van der Waals surface area (Å²) in [5.74, 6) is -1.48. The lowest BCUT2D eigenvalue weighted by molar-refractivity contribution is -0.141. The first-order valence-corrected chi connectivity index (χ1v) is 7.12. The molecule has 3 amide bonds. The molecule has 0 aromatic heterocycles. The van der Waals surface area contributed by atoms with Crippen molar-refractivity contribution in [3.8, 4) is 0 Å². The molecule has 2 rings (SSSR count). The number of nitrogens with zero attached hydrogens (tertiary/aromatic N) is 2. The first kappa shape index (κ1) is 15.6. The molecule has 118 valence electrons. The SMILES string of the molecule is CNC(=O)C1CCCN(C(=O)N2CC(O)CC2C(=O)O)C1. The van der Waals surface area contributed by atoms with Crippen LogP contribution in [0.2, 0.25) is 0 Å². The Morgan fingerprint density at radius 2 is 1.95 bits per heavy atom. The van der Waals surface area contributed by atoms with Crippen LogP contribution in [-0.4, -0.2) is 76.7 Å². The molecule has 0 saturated carbocycles. The van der Waals surface area contributed by atoms with Crippen molar-refractivity contribution >= 4 is 17.9 Å². The van der Waals surface area contributed by atoms with Crippen LogP contribution in [0.3, 0.4) is 0 Å². The van der Waals surface area contributed by atoms with Gasteiger partial charge in [-0.25, -0.2) is 9.59 Å². The molecule has 2 fully saturated rings. The van der Waals surface area contributed by atoms with Gasteiger partial charge in [0, 0.05) is 33.1 Å². The van der Waals surface area contributed by atoms with Crippen LogP contribution in [0.4, 0.5) is 4.79 Å². The number of aliphatic carboxylic acids is 1. The normalized spacial score (nSPS) is 29.3. The summed E-state index contributed by atoms with van der Waals surface area (Å²) in [6.07, 6.45) is 0.662. The summed E-state index contributed by atoms with van der Waals surface area (Å²) in [6, 6.07) is -1.40. The predicted octanol–water partition coefficient (Wildman–Crippen LogP) is -0.916. The molecule has 0 bridgehead atoms. The average molecular weight is 299 g/mol. The van der Waals surface area contributed by atoms with E-state index in [1.165, 1.54) is 9.80 Å². The van der Waals surface area contributed by atoms with E-state index >= 15 is 0 Å². The Bertz CT molecular complexity index is 442. The molecule has 0 radical (unpaired) electrons. The number of β-amino-alcohol motifs (C(OH)–C–C–N with tert-alkyl or cyclic N) is 1. The summed E-state index contributed by atoms with van der Waals surface area (Å²) >= 11 is 0. The summed E-state index contributed by atoms with van der Waals surface area (Å²) in [7, 11) is 1.56. The van der Waals surface area contributed by atoms with Crippen molar-refractivity contribution < 1.29 is 24.6 Å². The highest BCUT2D eigenvalue weighted by molar-refractivity contribution is 5.84. The number of amides is 3. The third-order valence-electron chi connectivity index (χ3n) is 4.12. The van der Waals surface area contributed by atoms with Crippen LogP contribution >= 0.6 is 0 Å². The maximum atomic E-state index is 12.5. The smallest absolute Gasteiger partial charge is 0.326 e. The van der Waals surface area contributed by atoms with Gasteiger partial charge in [-0.05, 0) is 12.8 Å². The topological polar surface area (TPSA) is 110 Å². The van der Waals surface area contributed by atoms with Crippen LogP contribution in [-0.2, 0) is 9.59 Å². The molecule has 8 heteroatoms. The Kier molecular flexibility index (Phi) is 4.66. The fourth-order valence-corrected chi connectivity index (χ4v) is 3.01. The number of rotatable bonds is 2. The largest absolute Gasteiger partial charge is 0.480 e. The lowest BCUT2D eigenvalue weighted by atomic mass is 9.97. The number of piperidine rings is 1. The van der Waals surface area contributed by atoms with Gasteiger partial charge in [0.2, 0.25) is 5.91 Å². The minimum Gasteiger partial charge on any atom is -0.480 e. The summed E-state index contributed by atoms with van der Waals surface area (Å²) in [4.78, 5) is 38.0. The minimum absolute atomic E-state index is 0.0247. The highest BCUT2D eigenvalue weighted by Crippen LogP contribution is 2.23. The highest BCUT2D eigenvalue weighted by atomic mass is 16.4. The number of hydrogen-bond acceptors (Lipinski definition) is 4. The van der Waals surface area contributed by atoms with Gasteiger partial charge in [0.15, 0.2) is 0 Å². The number of nitrogens with one attached hydrogen (secondary N) is 1. The molecule has 2 saturated heterocycles. The molecule has 3 unspecified atom stereocenters. The predicted molar refractivity (Wildman–Crippen MR) is 72.5 cm³/mol. The van der Waals surface area contributed by atoms with Crippen molar-refractivity contribution in [2.75, 3.05) is 26.7 Å². The fourth-order valence-electron chi connectivity index (χ4n) is 3.01. The summed E-state index contributed by atoms with van der Waals surface area (Å²) < 4.78 is 0. The monoisotopic (exact) mass is 299 g/mol. The number of aliphatic hydroxyl groups excluding tert-OH is 1. The summed E-state index contributed by atoms with van der Waals surface area (Å²) in [5, 5.41) is 21.3. The van der Waals surface area contributed by atoms with Crippen LogP contribution in [0.5, 0.6) is 0 Å². The standard InChI is InChI=1S/C13H21N3O5/c1-14-11(18)8-3-2-4-15(6-8)13(21)16-7-9(17)5-10(16)12(19)20/h8-10,17H,2-7H2,1H3,(H,14,18)(H,19,20). The average Bonchev–Trinajstić information content (AvgIpc) is 2.88. The van der Waals surface area contributed by atoms with Crippen molar-refractivity contribution in [2.45, 2.75) is 31.4 Å². The number of carboxylic acids is 1. The second kappa shape index (κ2) is 6.30. The Morgan fingerprint density at radius 1 is 1.24 bits per heavy atom. The number of hydrogen-bond donors (Lipinski definition) is 3. The maximum absolute atomic E-state index is 12.5. The van der Waals surface area contributed by atoms with Gasteiger partial charge in [-0.1, -0.05) is 0 Å². The Hall–Kier alpha value is -1.83. The molecule has 8 nitrogen and oxygen atoms in total. The van der Waals surface area contributed by atoms with Crippen LogP contribution in [0.15, 0.2) is 0 Å². The molecule has 0 aliphatic carbocycles. The minimum atomic E-state index is -1.11. The third-order valence-corrected chi connectivity index (χ3v) is 4.12. The fraction of sp³-hybridized carbons (Fsp3) is 0.769. The molecule has 21 heavy (non-hydrogen) atoms. The van der Waals surface area contributed by atoms with Crippen LogP contribution in [0.1, 0.15) is 19.3 Å². The third kappa shape index (κ3) is 3.26. The van der Waals surface area contributed by atoms with Crippen molar-refractivity contribution in [1.82, 2.24) is 15.1 Å². The quantitative estimate of drug-likeness (QED) is 0.611. The second-order valence-corrected chi connectivity index (χ2v) is 5.58. The molecule has 0 spiro atoms. The van der Waals surface area contributed by atoms with E-state index < -0.39 is 24.1 Å². The molecule has 0 aromatic rings. The molecule has 2 heterocycles. The molecule has 0 aromatic carbocycles. The molecule has 3 N–H and O–H groups in total. The molecule has 2 aliphatic heterocycles. The first-order chi connectivity index (χ1) is 9.93. The van der Waals surface area contributed by atoms with Crippen LogP contribution < -0.4 is 5.32 Å². The number of carbonyl (C=O) groups is 3. The van der Waals surface area contributed by atoms with E-state index in [1.807, 2.05) is 0 Å². The highest BCUT2D eigenvalue weighted by Gasteiger charge is 2.41. The second-order valence-electron chi connectivity index (χ2n) is 5.58. The Morgan fingerprint density at radius 3 is 2.57 bits per heavy atom. The van der Waals surface area contributed by atoms with Gasteiger partial charge in [-0.15, -0.1) is 0 Å². The van der Waals surface area contributed by atoms with Crippen molar-refractivity contribution in [1.29, 1.82) is 0 Å². The summed E-state index contributed by atoms with van der Waals surface area (Å²) in [5.41, 5.74) is 0. The van der Waals surface area contributed by atoms with Crippen LogP contribution in [0, 0.1) is 5.92 Å². The van der Waals surface area contributed by atoms with Crippen LogP contribution in [0.25, 0.3) is 0 Å². The molecular weight excluding hydrogens is 278 g/mol. The number of likely N-dealkylation sites (tertiary alicyclic amines) is 2. The van der Waals surface area contributed by atoms with Gasteiger partial charge >= 0.3 is 12.0 Å². The van der Waals surface area contributed by atoms with Gasteiger partial charge in [0.25, 0.3) is 0 Å². The zero-order valence-electron chi connectivity index (χ0n) is 12.0. The van der Waals surface area contributed by atoms with Gasteiger partial charge in [-0.3, -0.25) is 4.79 Å². The summed E-state index contributed by atoms with van der Waals surface area (Å²) in [6.45, 7) is 0.819. The van der Waals surface area contributed by atoms with Gasteiger partial charge in [0.1, 0.15) is 6.04 Å². The first-order valence-electron chi connectivity index (χ1n) is 7.12. The van der Waals surface area contributed by atoms with Crippen molar-refractivity contribution in [2.24, 2.45) is 5.92 Å². The van der Waals surface area contributed by atoms with Crippen molar-refractivity contribution in [3.05, 3.63) is 0 Å². The van der Waals surface area contributed by atoms with Gasteiger partial charge in [-0.2, -0.15) is 0 Å². The number of carboxylic acid groups (broad SMARTS) is 1. The maximum Gasteiger partial charge on any atom is 0.326 e. The van der Waals surface area contributed by atoms with E-state index in [4.69, 9.17) is 5.11 Å². The van der Waals surface area contributed by atoms with E-state index in [2.05, 4.69) is 5.32 Å². The van der Waals surface area contributed by atoms with E-state index in [0.717, 1.165) is 0 Å². The van der Waals surface area contributed by atoms with E-state index in [-0.39, 0.29) is 31.3 Å². The Balaban J connectivity index is 2.05. The van der Waals surface area contributed by atoms with Crippen molar-refractivity contribution in [3.63, 3.8) is 0 Å². The zero-order chi connectivity index (χ0) is 15.6. The van der Waals surface area contributed by atoms with Gasteiger partial charge < -0.3 is 25.3 Å². The zero-order valence-corrected chi connectivity index (χ0v) is 12.0. The Labute approximate surface area is 122 Å². The van der Waals surface area contributed by atoms with E-state index in [1.54, 1.807) is 7.05 Å². The van der Waals surface area contributed by atoms with E-state index in [0.29, 0.717) is 19.4 Å².